The summed E-state index contributed by atoms with van der Waals surface area (Å²) in [5, 5.41) is 3.35. The van der Waals surface area contributed by atoms with Crippen molar-refractivity contribution in [2.45, 2.75) is 44.7 Å². The maximum atomic E-state index is 13.2. The van der Waals surface area contributed by atoms with Crippen molar-refractivity contribution in [3.63, 3.8) is 0 Å². The van der Waals surface area contributed by atoms with Crippen LogP contribution in [0.25, 0.3) is 0 Å². The van der Waals surface area contributed by atoms with Gasteiger partial charge in [-0.3, -0.25) is 9.59 Å². The van der Waals surface area contributed by atoms with E-state index < -0.39 is 28.5 Å². The van der Waals surface area contributed by atoms with E-state index in [1.807, 2.05) is 13.8 Å². The highest BCUT2D eigenvalue weighted by Gasteiger charge is 2.30. The van der Waals surface area contributed by atoms with E-state index in [-0.39, 0.29) is 17.3 Å². The zero-order chi connectivity index (χ0) is 23.9. The largest absolute Gasteiger partial charge is 0.354 e. The van der Waals surface area contributed by atoms with E-state index >= 15 is 0 Å². The summed E-state index contributed by atoms with van der Waals surface area (Å²) in [5.74, 6) is -0.768. The van der Waals surface area contributed by atoms with E-state index in [9.17, 15) is 18.0 Å². The van der Waals surface area contributed by atoms with E-state index in [4.69, 9.17) is 11.6 Å². The van der Waals surface area contributed by atoms with Gasteiger partial charge in [0, 0.05) is 25.2 Å². The summed E-state index contributed by atoms with van der Waals surface area (Å²) in [6, 6.07) is 12.6. The van der Waals surface area contributed by atoms with Crippen LogP contribution in [0.1, 0.15) is 31.4 Å². The van der Waals surface area contributed by atoms with Crippen molar-refractivity contribution in [3.8, 4) is 0 Å². The molecule has 0 saturated carbocycles. The molecule has 0 unspecified atom stereocenters. The van der Waals surface area contributed by atoms with Crippen molar-refractivity contribution in [2.24, 2.45) is 0 Å². The standard InChI is InChI=1S/C23H30ClN3O4S/c1-5-14-25-23(29)18(3)27(15-19-8-10-20(24)11-9-19)22(28)16-26(4)32(30,31)21-12-6-17(2)7-13-21/h6-13,18H,5,14-16H2,1-4H3,(H,25,29)/t18-/m0/s1. The van der Waals surface area contributed by atoms with Crippen molar-refractivity contribution in [1.29, 1.82) is 0 Å². The molecule has 0 fully saturated rings. The molecule has 0 heterocycles. The Bertz CT molecular complexity index is 1020. The Balaban J connectivity index is 2.24. The van der Waals surface area contributed by atoms with Gasteiger partial charge in [0.05, 0.1) is 11.4 Å². The van der Waals surface area contributed by atoms with E-state index in [0.29, 0.717) is 11.6 Å². The fraction of sp³-hybridized carbons (Fsp3) is 0.391. The second-order valence-corrected chi connectivity index (χ2v) is 10.2. The van der Waals surface area contributed by atoms with Crippen LogP contribution >= 0.6 is 11.6 Å². The molecule has 0 aromatic heterocycles. The number of likely N-dealkylation sites (N-methyl/N-ethyl adjacent to an activating group) is 1. The number of hydrogen-bond acceptors (Lipinski definition) is 4. The molecule has 0 saturated heterocycles. The van der Waals surface area contributed by atoms with Gasteiger partial charge in [-0.15, -0.1) is 0 Å². The normalized spacial score (nSPS) is 12.4. The molecular weight excluding hydrogens is 450 g/mol. The molecule has 0 bridgehead atoms. The SMILES string of the molecule is CCCNC(=O)[C@H](C)N(Cc1ccc(Cl)cc1)C(=O)CN(C)S(=O)(=O)c1ccc(C)cc1. The number of nitrogens with zero attached hydrogens (tertiary/aromatic N) is 2. The number of rotatable bonds is 10. The van der Waals surface area contributed by atoms with Gasteiger partial charge in [0.25, 0.3) is 0 Å². The number of hydrogen-bond donors (Lipinski definition) is 1. The monoisotopic (exact) mass is 479 g/mol. The average molecular weight is 480 g/mol. The third-order valence-corrected chi connectivity index (χ3v) is 7.14. The summed E-state index contributed by atoms with van der Waals surface area (Å²) in [7, 11) is -2.50. The number of nitrogens with one attached hydrogen (secondary N) is 1. The lowest BCUT2D eigenvalue weighted by Gasteiger charge is -2.30. The van der Waals surface area contributed by atoms with Crippen LogP contribution in [0.5, 0.6) is 0 Å². The minimum absolute atomic E-state index is 0.108. The van der Waals surface area contributed by atoms with Gasteiger partial charge in [-0.1, -0.05) is 48.4 Å². The summed E-state index contributed by atoms with van der Waals surface area (Å²) in [6.45, 7) is 5.68. The topological polar surface area (TPSA) is 86.8 Å². The first-order valence-corrected chi connectivity index (χ1v) is 12.2. The molecular formula is C23H30ClN3O4S. The maximum Gasteiger partial charge on any atom is 0.243 e. The fourth-order valence-corrected chi connectivity index (χ4v) is 4.27. The van der Waals surface area contributed by atoms with Gasteiger partial charge < -0.3 is 10.2 Å². The zero-order valence-corrected chi connectivity index (χ0v) is 20.4. The average Bonchev–Trinajstić information content (AvgIpc) is 2.76. The third kappa shape index (κ3) is 6.79. The Morgan fingerprint density at radius 2 is 1.66 bits per heavy atom. The van der Waals surface area contributed by atoms with Gasteiger partial charge in [-0.2, -0.15) is 4.31 Å². The molecule has 2 amide bonds. The molecule has 2 rings (SSSR count). The van der Waals surface area contributed by atoms with E-state index in [1.54, 1.807) is 43.3 Å². The smallest absolute Gasteiger partial charge is 0.243 e. The number of amides is 2. The number of halogens is 1. The Morgan fingerprint density at radius 3 is 2.22 bits per heavy atom. The molecule has 32 heavy (non-hydrogen) atoms. The Morgan fingerprint density at radius 1 is 1.06 bits per heavy atom. The molecule has 1 N–H and O–H groups in total. The zero-order valence-electron chi connectivity index (χ0n) is 18.8. The van der Waals surface area contributed by atoms with Crippen LogP contribution in [0.4, 0.5) is 0 Å². The summed E-state index contributed by atoms with van der Waals surface area (Å²) < 4.78 is 26.8. The summed E-state index contributed by atoms with van der Waals surface area (Å²) in [6.07, 6.45) is 0.765. The molecule has 2 aromatic rings. The molecule has 9 heteroatoms. The van der Waals surface area contributed by atoms with Gasteiger partial charge in [0.1, 0.15) is 6.04 Å². The van der Waals surface area contributed by atoms with Crippen LogP contribution in [0.3, 0.4) is 0 Å². The molecule has 174 valence electrons. The highest BCUT2D eigenvalue weighted by atomic mass is 35.5. The second-order valence-electron chi connectivity index (χ2n) is 7.69. The minimum Gasteiger partial charge on any atom is -0.354 e. The molecule has 0 aliphatic heterocycles. The number of carbonyl (C=O) groups is 2. The molecule has 0 radical (unpaired) electrons. The van der Waals surface area contributed by atoms with E-state index in [1.165, 1.54) is 24.1 Å². The van der Waals surface area contributed by atoms with E-state index in [0.717, 1.165) is 21.9 Å². The van der Waals surface area contributed by atoms with Gasteiger partial charge in [0.15, 0.2) is 0 Å². The number of benzene rings is 2. The lowest BCUT2D eigenvalue weighted by molar-refractivity contribution is -0.140. The van der Waals surface area contributed by atoms with Gasteiger partial charge >= 0.3 is 0 Å². The Labute approximate surface area is 195 Å². The van der Waals surface area contributed by atoms with Gasteiger partial charge in [-0.05, 0) is 50.1 Å². The predicted octanol–water partition coefficient (Wildman–Crippen LogP) is 3.21. The van der Waals surface area contributed by atoms with Crippen molar-refractivity contribution in [2.75, 3.05) is 20.1 Å². The highest BCUT2D eigenvalue weighted by molar-refractivity contribution is 7.89. The van der Waals surface area contributed by atoms with E-state index in [2.05, 4.69) is 5.32 Å². The summed E-state index contributed by atoms with van der Waals surface area (Å²) in [5.41, 5.74) is 1.71. The number of carbonyl (C=O) groups excluding carboxylic acids is 2. The first kappa shape index (κ1) is 25.8. The fourth-order valence-electron chi connectivity index (χ4n) is 3.02. The Kier molecular flexibility index (Phi) is 9.24. The molecule has 0 aliphatic rings. The van der Waals surface area contributed by atoms with Crippen LogP contribution in [0.2, 0.25) is 5.02 Å². The third-order valence-electron chi connectivity index (χ3n) is 5.07. The Hall–Kier alpha value is -2.42. The number of sulfonamides is 1. The summed E-state index contributed by atoms with van der Waals surface area (Å²) >= 11 is 5.95. The quantitative estimate of drug-likeness (QED) is 0.566. The lowest BCUT2D eigenvalue weighted by atomic mass is 10.1. The maximum absolute atomic E-state index is 13.2. The molecule has 7 nitrogen and oxygen atoms in total. The van der Waals surface area contributed by atoms with Crippen LogP contribution in [-0.4, -0.2) is 55.6 Å². The minimum atomic E-state index is -3.86. The van der Waals surface area contributed by atoms with Crippen molar-refractivity contribution in [1.82, 2.24) is 14.5 Å². The van der Waals surface area contributed by atoms with Crippen LogP contribution < -0.4 is 5.32 Å². The van der Waals surface area contributed by atoms with Crippen molar-refractivity contribution >= 4 is 33.4 Å². The molecule has 2 aromatic carbocycles. The number of aryl methyl sites for hydroxylation is 1. The molecule has 1 atom stereocenters. The predicted molar refractivity (Wildman–Crippen MR) is 126 cm³/mol. The van der Waals surface area contributed by atoms with Gasteiger partial charge in [0.2, 0.25) is 21.8 Å². The molecule has 0 aliphatic carbocycles. The van der Waals surface area contributed by atoms with Gasteiger partial charge in [-0.25, -0.2) is 8.42 Å². The van der Waals surface area contributed by atoms with Crippen molar-refractivity contribution in [3.05, 3.63) is 64.7 Å². The van der Waals surface area contributed by atoms with Crippen LogP contribution in [0.15, 0.2) is 53.4 Å². The summed E-state index contributed by atoms with van der Waals surface area (Å²) in [4.78, 5) is 27.3. The second kappa shape index (κ2) is 11.4. The highest BCUT2D eigenvalue weighted by Crippen LogP contribution is 2.17. The van der Waals surface area contributed by atoms with Crippen LogP contribution in [-0.2, 0) is 26.2 Å². The molecule has 0 spiro atoms. The van der Waals surface area contributed by atoms with Crippen LogP contribution in [0, 0.1) is 6.92 Å². The first-order valence-electron chi connectivity index (χ1n) is 10.4. The first-order chi connectivity index (χ1) is 15.1. The van der Waals surface area contributed by atoms with Crippen molar-refractivity contribution < 1.29 is 18.0 Å². The lowest BCUT2D eigenvalue weighted by Crippen LogP contribution is -2.50.